The van der Waals surface area contributed by atoms with Crippen molar-refractivity contribution in [2.24, 2.45) is 0 Å². The van der Waals surface area contributed by atoms with Crippen molar-refractivity contribution in [2.45, 2.75) is 12.5 Å². The number of carbonyl (C=O) groups excluding carboxylic acids is 1. The first-order valence-electron chi connectivity index (χ1n) is 9.16. The fraction of sp³-hybridized carbons (Fsp3) is 0.174. The minimum Gasteiger partial charge on any atom is -0.493 e. The number of ether oxygens (including phenoxy) is 3. The standard InChI is InChI=1S/C23H20BrNO4/c1-27-20-11-14(17(24)12-21(20)28-2)13-25-23(26)22-15-7-3-5-9-18(15)29-19-10-6-4-8-16(19)22/h3-12,22H,13H2,1-2H3,(H,25,26). The normalized spacial score (nSPS) is 12.4. The average Bonchev–Trinajstić information content (AvgIpc) is 2.76. The SMILES string of the molecule is COc1cc(Br)c(CNC(=O)C2c3ccccc3Oc3ccccc32)cc1OC. The molecule has 0 atom stereocenters. The van der Waals surface area contributed by atoms with Gasteiger partial charge in [-0.3, -0.25) is 4.79 Å². The van der Waals surface area contributed by atoms with Crippen molar-refractivity contribution >= 4 is 21.8 Å². The Labute approximate surface area is 177 Å². The lowest BCUT2D eigenvalue weighted by Crippen LogP contribution is -2.31. The molecule has 0 bridgehead atoms. The third kappa shape index (κ3) is 3.68. The summed E-state index contributed by atoms with van der Waals surface area (Å²) in [6, 6.07) is 19.0. The molecule has 1 amide bonds. The first kappa shape index (κ1) is 19.3. The van der Waals surface area contributed by atoms with Crippen molar-refractivity contribution in [2.75, 3.05) is 14.2 Å². The maximum absolute atomic E-state index is 13.2. The second-order valence-electron chi connectivity index (χ2n) is 6.63. The Morgan fingerprint density at radius 3 is 2.10 bits per heavy atom. The van der Waals surface area contributed by atoms with Gasteiger partial charge in [-0.1, -0.05) is 52.3 Å². The zero-order valence-electron chi connectivity index (χ0n) is 16.1. The molecule has 3 aromatic rings. The molecule has 0 spiro atoms. The Morgan fingerprint density at radius 1 is 0.966 bits per heavy atom. The number of rotatable bonds is 5. The Balaban J connectivity index is 1.62. The minimum absolute atomic E-state index is 0.0881. The van der Waals surface area contributed by atoms with E-state index in [1.54, 1.807) is 14.2 Å². The summed E-state index contributed by atoms with van der Waals surface area (Å²) in [5, 5.41) is 3.06. The van der Waals surface area contributed by atoms with Crippen LogP contribution in [0.15, 0.2) is 65.1 Å². The fourth-order valence-corrected chi connectivity index (χ4v) is 3.97. The van der Waals surface area contributed by atoms with E-state index in [1.165, 1.54) is 0 Å². The van der Waals surface area contributed by atoms with Gasteiger partial charge < -0.3 is 19.5 Å². The van der Waals surface area contributed by atoms with Crippen LogP contribution in [0, 0.1) is 0 Å². The number of hydrogen-bond donors (Lipinski definition) is 1. The summed E-state index contributed by atoms with van der Waals surface area (Å²) in [4.78, 5) is 13.2. The Hall–Kier alpha value is -2.99. The molecule has 1 N–H and O–H groups in total. The van der Waals surface area contributed by atoms with Gasteiger partial charge in [-0.15, -0.1) is 0 Å². The molecular formula is C23H20BrNO4. The van der Waals surface area contributed by atoms with E-state index in [0.717, 1.165) is 21.2 Å². The van der Waals surface area contributed by atoms with Crippen LogP contribution in [-0.4, -0.2) is 20.1 Å². The molecule has 0 saturated carbocycles. The van der Waals surface area contributed by atoms with Crippen molar-refractivity contribution in [3.63, 3.8) is 0 Å². The number of halogens is 1. The number of para-hydroxylation sites is 2. The Bertz CT molecular complexity index is 1020. The summed E-state index contributed by atoms with van der Waals surface area (Å²) in [5.74, 6) is 2.13. The van der Waals surface area contributed by atoms with Crippen molar-refractivity contribution in [3.05, 3.63) is 81.8 Å². The first-order chi connectivity index (χ1) is 14.1. The molecule has 29 heavy (non-hydrogen) atoms. The van der Waals surface area contributed by atoms with Gasteiger partial charge in [-0.25, -0.2) is 0 Å². The average molecular weight is 454 g/mol. The number of hydrogen-bond acceptors (Lipinski definition) is 4. The highest BCUT2D eigenvalue weighted by atomic mass is 79.9. The molecule has 0 fully saturated rings. The molecule has 0 saturated heterocycles. The Morgan fingerprint density at radius 2 is 1.52 bits per heavy atom. The molecule has 4 rings (SSSR count). The predicted molar refractivity (Wildman–Crippen MR) is 114 cm³/mol. The lowest BCUT2D eigenvalue weighted by atomic mass is 9.87. The van der Waals surface area contributed by atoms with Crippen molar-refractivity contribution in [1.29, 1.82) is 0 Å². The quantitative estimate of drug-likeness (QED) is 0.588. The third-order valence-electron chi connectivity index (χ3n) is 4.95. The summed E-state index contributed by atoms with van der Waals surface area (Å²) >= 11 is 3.54. The molecule has 1 aliphatic rings. The third-order valence-corrected chi connectivity index (χ3v) is 5.69. The molecule has 1 heterocycles. The van der Waals surface area contributed by atoms with E-state index < -0.39 is 5.92 Å². The highest BCUT2D eigenvalue weighted by molar-refractivity contribution is 9.10. The molecule has 6 heteroatoms. The number of fused-ring (bicyclic) bond motifs is 2. The van der Waals surface area contributed by atoms with Crippen LogP contribution in [0.4, 0.5) is 0 Å². The van der Waals surface area contributed by atoms with Crippen LogP contribution in [0.3, 0.4) is 0 Å². The second-order valence-corrected chi connectivity index (χ2v) is 7.48. The molecule has 1 aliphatic heterocycles. The number of amides is 1. The number of methoxy groups -OCH3 is 2. The molecular weight excluding hydrogens is 434 g/mol. The van der Waals surface area contributed by atoms with Gasteiger partial charge in [-0.2, -0.15) is 0 Å². The molecule has 0 aliphatic carbocycles. The van der Waals surface area contributed by atoms with Crippen LogP contribution < -0.4 is 19.5 Å². The van der Waals surface area contributed by atoms with Crippen molar-refractivity contribution < 1.29 is 19.0 Å². The maximum Gasteiger partial charge on any atom is 0.232 e. The summed E-state index contributed by atoms with van der Waals surface area (Å²) in [7, 11) is 3.18. The van der Waals surface area contributed by atoms with Crippen molar-refractivity contribution in [1.82, 2.24) is 5.32 Å². The van der Waals surface area contributed by atoms with Gasteiger partial charge in [0.05, 0.1) is 20.1 Å². The zero-order valence-corrected chi connectivity index (χ0v) is 17.7. The number of benzene rings is 3. The zero-order chi connectivity index (χ0) is 20.4. The molecule has 3 aromatic carbocycles. The fourth-order valence-electron chi connectivity index (χ4n) is 3.51. The van der Waals surface area contributed by atoms with Crippen LogP contribution in [0.25, 0.3) is 0 Å². The molecule has 148 valence electrons. The minimum atomic E-state index is -0.435. The van der Waals surface area contributed by atoms with Gasteiger partial charge in [0.2, 0.25) is 5.91 Å². The van der Waals surface area contributed by atoms with E-state index in [-0.39, 0.29) is 5.91 Å². The molecule has 0 radical (unpaired) electrons. The summed E-state index contributed by atoms with van der Waals surface area (Å²) in [5.41, 5.74) is 2.61. The molecule has 0 unspecified atom stereocenters. The van der Waals surface area contributed by atoms with E-state index in [1.807, 2.05) is 60.7 Å². The van der Waals surface area contributed by atoms with Gasteiger partial charge in [0, 0.05) is 22.1 Å². The van der Waals surface area contributed by atoms with E-state index in [9.17, 15) is 4.79 Å². The van der Waals surface area contributed by atoms with Gasteiger partial charge in [0.25, 0.3) is 0 Å². The van der Waals surface area contributed by atoms with E-state index in [4.69, 9.17) is 14.2 Å². The van der Waals surface area contributed by atoms with Gasteiger partial charge >= 0.3 is 0 Å². The smallest absolute Gasteiger partial charge is 0.232 e. The van der Waals surface area contributed by atoms with Crippen molar-refractivity contribution in [3.8, 4) is 23.0 Å². The lowest BCUT2D eigenvalue weighted by Gasteiger charge is -2.27. The topological polar surface area (TPSA) is 56.8 Å². The maximum atomic E-state index is 13.2. The number of nitrogens with one attached hydrogen (secondary N) is 1. The first-order valence-corrected chi connectivity index (χ1v) is 9.95. The van der Waals surface area contributed by atoms with Crippen LogP contribution in [-0.2, 0) is 11.3 Å². The van der Waals surface area contributed by atoms with Gasteiger partial charge in [-0.05, 0) is 29.8 Å². The summed E-state index contributed by atoms with van der Waals surface area (Å²) < 4.78 is 17.5. The monoisotopic (exact) mass is 453 g/mol. The predicted octanol–water partition coefficient (Wildman–Crippen LogP) is 5.02. The highest BCUT2D eigenvalue weighted by Crippen LogP contribution is 2.44. The second kappa shape index (κ2) is 8.17. The number of carbonyl (C=O) groups is 1. The highest BCUT2D eigenvalue weighted by Gasteiger charge is 2.32. The summed E-state index contributed by atoms with van der Waals surface area (Å²) in [6.07, 6.45) is 0. The van der Waals surface area contributed by atoms with Gasteiger partial charge in [0.1, 0.15) is 11.5 Å². The Kier molecular flexibility index (Phi) is 5.45. The van der Waals surface area contributed by atoms with E-state index in [0.29, 0.717) is 29.5 Å². The van der Waals surface area contributed by atoms with Crippen LogP contribution in [0.1, 0.15) is 22.6 Å². The molecule has 5 nitrogen and oxygen atoms in total. The van der Waals surface area contributed by atoms with Crippen LogP contribution >= 0.6 is 15.9 Å². The van der Waals surface area contributed by atoms with Crippen LogP contribution in [0.2, 0.25) is 0 Å². The lowest BCUT2D eigenvalue weighted by molar-refractivity contribution is -0.122. The van der Waals surface area contributed by atoms with E-state index >= 15 is 0 Å². The molecule has 0 aromatic heterocycles. The largest absolute Gasteiger partial charge is 0.493 e. The van der Waals surface area contributed by atoms with Gasteiger partial charge in [0.15, 0.2) is 11.5 Å². The summed E-state index contributed by atoms with van der Waals surface area (Å²) in [6.45, 7) is 0.349. The van der Waals surface area contributed by atoms with Crippen LogP contribution in [0.5, 0.6) is 23.0 Å². The van der Waals surface area contributed by atoms with E-state index in [2.05, 4.69) is 21.2 Å².